The van der Waals surface area contributed by atoms with Crippen molar-refractivity contribution in [3.8, 4) is 5.75 Å². The maximum Gasteiger partial charge on any atom is 0.392 e. The fourth-order valence-corrected chi connectivity index (χ4v) is 2.48. The fraction of sp³-hybridized carbons (Fsp3) is 0.611. The van der Waals surface area contributed by atoms with E-state index in [1.807, 2.05) is 18.9 Å². The minimum Gasteiger partial charge on any atom is -0.496 e. The Hall–Kier alpha value is -1.76. The maximum atomic E-state index is 13.0. The minimum atomic E-state index is -4.50. The number of aryl methyl sites for hydroxylation is 1. The van der Waals surface area contributed by atoms with Crippen molar-refractivity contribution in [1.29, 1.82) is 0 Å². The molecule has 1 rings (SSSR count). The average Bonchev–Trinajstić information content (AvgIpc) is 2.51. The second-order valence-electron chi connectivity index (χ2n) is 6.53. The summed E-state index contributed by atoms with van der Waals surface area (Å²) in [7, 11) is 3.24. The zero-order valence-electron chi connectivity index (χ0n) is 15.6. The highest BCUT2D eigenvalue weighted by molar-refractivity contribution is 5.65. The van der Waals surface area contributed by atoms with Crippen LogP contribution in [0, 0.1) is 12.8 Å². The van der Waals surface area contributed by atoms with Gasteiger partial charge in [-0.25, -0.2) is 4.99 Å². The maximum absolute atomic E-state index is 13.0. The highest BCUT2D eigenvalue weighted by Gasteiger charge is 2.46. The summed E-state index contributed by atoms with van der Waals surface area (Å²) >= 11 is 0. The fourth-order valence-electron chi connectivity index (χ4n) is 2.48. The summed E-state index contributed by atoms with van der Waals surface area (Å²) in [5, 5.41) is 10.8. The molecule has 1 unspecified atom stereocenters. The molecule has 25 heavy (non-hydrogen) atoms. The van der Waals surface area contributed by atoms with Gasteiger partial charge in [0.05, 0.1) is 25.6 Å². The van der Waals surface area contributed by atoms with Crippen LogP contribution in [0.15, 0.2) is 17.1 Å². The van der Waals surface area contributed by atoms with E-state index in [0.29, 0.717) is 11.3 Å². The zero-order valence-corrected chi connectivity index (χ0v) is 15.6. The third-order valence-corrected chi connectivity index (χ3v) is 4.30. The summed E-state index contributed by atoms with van der Waals surface area (Å²) < 4.78 is 44.4. The Balaban J connectivity index is 3.44. The first-order valence-corrected chi connectivity index (χ1v) is 8.17. The summed E-state index contributed by atoms with van der Waals surface area (Å²) in [6.45, 7) is 7.61. The number of hydrogen-bond donors (Lipinski definition) is 1. The molecule has 7 heteroatoms. The summed E-state index contributed by atoms with van der Waals surface area (Å²) in [5.74, 6) is -0.458. The monoisotopic (exact) mass is 360 g/mol. The lowest BCUT2D eigenvalue weighted by atomic mass is 9.79. The first kappa shape index (κ1) is 21.3. The summed E-state index contributed by atoms with van der Waals surface area (Å²) in [4.78, 5) is 6.21. The second-order valence-corrected chi connectivity index (χ2v) is 6.53. The van der Waals surface area contributed by atoms with E-state index in [1.54, 1.807) is 33.2 Å². The van der Waals surface area contributed by atoms with E-state index >= 15 is 0 Å². The third-order valence-electron chi connectivity index (χ3n) is 4.30. The van der Waals surface area contributed by atoms with Crippen LogP contribution in [0.25, 0.3) is 0 Å². The van der Waals surface area contributed by atoms with Crippen molar-refractivity contribution in [3.63, 3.8) is 0 Å². The van der Waals surface area contributed by atoms with E-state index in [2.05, 4.69) is 4.99 Å². The molecule has 0 aromatic heterocycles. The van der Waals surface area contributed by atoms with Crippen LogP contribution in [0.4, 0.5) is 18.9 Å². The van der Waals surface area contributed by atoms with Crippen molar-refractivity contribution < 1.29 is 23.0 Å². The van der Waals surface area contributed by atoms with Crippen LogP contribution in [0.3, 0.4) is 0 Å². The number of alkyl halides is 3. The third kappa shape index (κ3) is 5.36. The normalized spacial score (nSPS) is 14.8. The van der Waals surface area contributed by atoms with Gasteiger partial charge in [0.15, 0.2) is 0 Å². The van der Waals surface area contributed by atoms with Crippen molar-refractivity contribution >= 4 is 12.0 Å². The lowest BCUT2D eigenvalue weighted by Crippen LogP contribution is -2.37. The Morgan fingerprint density at radius 3 is 2.36 bits per heavy atom. The van der Waals surface area contributed by atoms with Gasteiger partial charge in [-0.05, 0) is 31.4 Å². The number of halogens is 3. The van der Waals surface area contributed by atoms with Gasteiger partial charge in [-0.2, -0.15) is 13.2 Å². The van der Waals surface area contributed by atoms with Crippen LogP contribution in [-0.4, -0.2) is 43.2 Å². The van der Waals surface area contributed by atoms with Gasteiger partial charge in [0.1, 0.15) is 11.4 Å². The molecule has 1 N–H and O–H groups in total. The molecule has 0 saturated heterocycles. The number of nitrogens with zero attached hydrogens (tertiary/aromatic N) is 2. The van der Waals surface area contributed by atoms with Crippen LogP contribution in [0.5, 0.6) is 5.75 Å². The molecular formula is C18H27F3N2O2. The molecule has 0 saturated carbocycles. The lowest BCUT2D eigenvalue weighted by Gasteiger charge is -2.35. The Bertz CT molecular complexity index is 615. The molecule has 0 aliphatic heterocycles. The largest absolute Gasteiger partial charge is 0.496 e. The lowest BCUT2D eigenvalue weighted by molar-refractivity contribution is -0.189. The smallest absolute Gasteiger partial charge is 0.392 e. The molecule has 0 aliphatic carbocycles. The number of aliphatic imine (C=N–C) groups is 1. The summed E-state index contributed by atoms with van der Waals surface area (Å²) in [6.07, 6.45) is -4.20. The molecule has 0 aliphatic rings. The number of benzene rings is 1. The van der Waals surface area contributed by atoms with E-state index in [9.17, 15) is 18.3 Å². The molecule has 0 bridgehead atoms. The highest BCUT2D eigenvalue weighted by Crippen LogP contribution is 2.45. The molecule has 1 aromatic rings. The van der Waals surface area contributed by atoms with Crippen LogP contribution < -0.4 is 4.74 Å². The Morgan fingerprint density at radius 2 is 1.92 bits per heavy atom. The van der Waals surface area contributed by atoms with E-state index in [0.717, 1.165) is 6.54 Å². The molecule has 0 spiro atoms. The Kier molecular flexibility index (Phi) is 6.88. The van der Waals surface area contributed by atoms with E-state index < -0.39 is 24.1 Å². The van der Waals surface area contributed by atoms with Crippen LogP contribution in [-0.2, 0) is 5.60 Å². The first-order valence-electron chi connectivity index (χ1n) is 8.17. The second kappa shape index (κ2) is 8.08. The van der Waals surface area contributed by atoms with Gasteiger partial charge in [0.2, 0.25) is 0 Å². The first-order chi connectivity index (χ1) is 11.4. The van der Waals surface area contributed by atoms with Crippen molar-refractivity contribution in [3.05, 3.63) is 23.3 Å². The molecule has 0 fully saturated rings. The molecule has 0 radical (unpaired) electrons. The SMILES string of the molecule is CCN(C)C=Nc1cc(OC)c(C(O)(CC(F)(F)F)C(C)C)cc1C. The molecule has 4 nitrogen and oxygen atoms in total. The van der Waals surface area contributed by atoms with Gasteiger partial charge in [0, 0.05) is 25.2 Å². The van der Waals surface area contributed by atoms with Gasteiger partial charge in [0.25, 0.3) is 0 Å². The topological polar surface area (TPSA) is 45.1 Å². The van der Waals surface area contributed by atoms with E-state index in [-0.39, 0.29) is 11.3 Å². The highest BCUT2D eigenvalue weighted by atomic mass is 19.4. The van der Waals surface area contributed by atoms with Crippen LogP contribution in [0.2, 0.25) is 0 Å². The molecule has 1 atom stereocenters. The predicted octanol–water partition coefficient (Wildman–Crippen LogP) is 4.41. The number of methoxy groups -OCH3 is 1. The van der Waals surface area contributed by atoms with Crippen LogP contribution >= 0.6 is 0 Å². The van der Waals surface area contributed by atoms with E-state index in [1.165, 1.54) is 13.2 Å². The van der Waals surface area contributed by atoms with Crippen molar-refractivity contribution in [2.75, 3.05) is 20.7 Å². The molecule has 0 amide bonds. The summed E-state index contributed by atoms with van der Waals surface area (Å²) in [5.41, 5.74) is -0.698. The minimum absolute atomic E-state index is 0.127. The van der Waals surface area contributed by atoms with Crippen molar-refractivity contribution in [2.45, 2.75) is 45.9 Å². The summed E-state index contributed by atoms with van der Waals surface area (Å²) in [6, 6.07) is 3.09. The van der Waals surface area contributed by atoms with E-state index in [4.69, 9.17) is 4.74 Å². The number of ether oxygens (including phenoxy) is 1. The number of aliphatic hydroxyl groups is 1. The van der Waals surface area contributed by atoms with Gasteiger partial charge in [-0.3, -0.25) is 0 Å². The zero-order chi connectivity index (χ0) is 19.4. The van der Waals surface area contributed by atoms with Gasteiger partial charge in [-0.15, -0.1) is 0 Å². The Morgan fingerprint density at radius 1 is 1.32 bits per heavy atom. The van der Waals surface area contributed by atoms with Crippen LogP contribution in [0.1, 0.15) is 38.3 Å². The van der Waals surface area contributed by atoms with Gasteiger partial charge >= 0.3 is 6.18 Å². The number of rotatable bonds is 7. The van der Waals surface area contributed by atoms with Crippen molar-refractivity contribution in [1.82, 2.24) is 4.90 Å². The van der Waals surface area contributed by atoms with Crippen molar-refractivity contribution in [2.24, 2.45) is 10.9 Å². The molecule has 1 aromatic carbocycles. The Labute approximate surface area is 147 Å². The standard InChI is InChI=1S/C18H27F3N2O2/c1-7-23(5)11-22-15-9-16(25-6)14(8-13(15)4)17(24,12(2)3)10-18(19,20)21/h8-9,11-12,24H,7,10H2,1-6H3. The quantitative estimate of drug-likeness (QED) is 0.579. The molecule has 142 valence electrons. The van der Waals surface area contributed by atoms with Gasteiger partial charge in [-0.1, -0.05) is 13.8 Å². The predicted molar refractivity (Wildman–Crippen MR) is 93.6 cm³/mol. The molecule has 0 heterocycles. The van der Waals surface area contributed by atoms with Gasteiger partial charge < -0.3 is 14.7 Å². The number of hydrogen-bond acceptors (Lipinski definition) is 3. The molecular weight excluding hydrogens is 333 g/mol. The average molecular weight is 360 g/mol.